The number of carboxylic acid groups (broad SMARTS) is 4. The lowest BCUT2D eigenvalue weighted by Gasteiger charge is -2.32. The van der Waals surface area contributed by atoms with E-state index in [1.165, 1.54) is 0 Å². The fourth-order valence-electron chi connectivity index (χ4n) is 8.38. The highest BCUT2D eigenvalue weighted by Crippen LogP contribution is 2.35. The lowest BCUT2D eigenvalue weighted by atomic mass is 10.1. The minimum atomic E-state index is -1.52. The van der Waals surface area contributed by atoms with Crippen LogP contribution < -0.4 is 21.3 Å². The number of nitrogens with zero attached hydrogens (tertiary/aromatic N) is 4. The van der Waals surface area contributed by atoms with Gasteiger partial charge in [-0.15, -0.1) is 0 Å². The number of hydrogen-bond donors (Lipinski definition) is 16. The van der Waals surface area contributed by atoms with E-state index in [0.29, 0.717) is 65.2 Å². The summed E-state index contributed by atoms with van der Waals surface area (Å²) in [5, 5.41) is 130. The fourth-order valence-corrected chi connectivity index (χ4v) is 8.38. The number of carbonyl (C=O) groups excluding carboxylic acids is 4. The highest BCUT2D eigenvalue weighted by molar-refractivity contribution is 6.03. The molecule has 0 aliphatic carbocycles. The standard InChI is InChI=1S/C50H60N8O20/c59-35-27(3-7-31(39(35)63)47(71)72)43(67)51-11-19-55-15-1-16-56(20-12-52-44(68)28-4-8-32(48(73)74)40(64)36(28)60)24-26-58(22-14-54-46(70)30-6-10-34(50(77)78)42(66)38(30)62)18-2-17-57(25-23-55)21-13-53-45(69)29-5-9-33(49(75)76)41(65)37(29)61/h3-10,59-66H,1-2,11-26H2,(H,51,67)(H,52,68)(H,53,69)(H,54,70)(H,71,72)(H,73,74)(H,75,76)(H,77,78). The van der Waals surface area contributed by atoms with E-state index in [9.17, 15) is 99.6 Å². The Labute approximate surface area is 443 Å². The number of benzene rings is 4. The van der Waals surface area contributed by atoms with Crippen molar-refractivity contribution in [3.8, 4) is 46.0 Å². The summed E-state index contributed by atoms with van der Waals surface area (Å²) in [5.74, 6) is -16.9. The van der Waals surface area contributed by atoms with Gasteiger partial charge in [0.2, 0.25) is 0 Å². The number of rotatable bonds is 20. The topological polar surface area (TPSA) is 440 Å². The van der Waals surface area contributed by atoms with Crippen molar-refractivity contribution in [2.75, 3.05) is 105 Å². The molecule has 1 heterocycles. The summed E-state index contributed by atoms with van der Waals surface area (Å²) >= 11 is 0. The Hall–Kier alpha value is -9.12. The first-order chi connectivity index (χ1) is 37.0. The lowest BCUT2D eigenvalue weighted by molar-refractivity contribution is 0.0681. The summed E-state index contributed by atoms with van der Waals surface area (Å²) in [6.45, 7) is 4.10. The SMILES string of the molecule is O=C(O)c1ccc(C(=O)NCCN2CCCN(CCNC(=O)c3ccc(C(=O)O)c(O)c3O)CCN(CCNC(=O)c3ccc(C(=O)O)c(O)c3O)CCCN(CCNC(=O)c3ccc(C(=O)O)c(O)c3O)CC2)c(O)c1O. The van der Waals surface area contributed by atoms with Gasteiger partial charge in [-0.3, -0.25) is 19.2 Å². The van der Waals surface area contributed by atoms with Crippen LogP contribution in [0.5, 0.6) is 46.0 Å². The maximum absolute atomic E-state index is 13.1. The van der Waals surface area contributed by atoms with Crippen molar-refractivity contribution in [2.45, 2.75) is 12.8 Å². The molecule has 28 heteroatoms. The first kappa shape index (κ1) is 59.8. The molecule has 0 atom stereocenters. The molecule has 0 radical (unpaired) electrons. The van der Waals surface area contributed by atoms with Crippen LogP contribution in [-0.2, 0) is 0 Å². The zero-order valence-electron chi connectivity index (χ0n) is 41.8. The molecular weight excluding hydrogens is 1030 g/mol. The van der Waals surface area contributed by atoms with E-state index in [1.807, 2.05) is 19.6 Å². The Morgan fingerprint density at radius 1 is 0.295 bits per heavy atom. The van der Waals surface area contributed by atoms with Crippen LogP contribution in [0.25, 0.3) is 0 Å². The van der Waals surface area contributed by atoms with Crippen LogP contribution in [0.15, 0.2) is 48.5 Å². The number of aromatic carboxylic acids is 4. The molecule has 5 rings (SSSR count). The zero-order chi connectivity index (χ0) is 57.4. The molecule has 0 bridgehead atoms. The van der Waals surface area contributed by atoms with E-state index < -0.39 is 116 Å². The van der Waals surface area contributed by atoms with Gasteiger partial charge in [0.15, 0.2) is 46.0 Å². The second-order valence-electron chi connectivity index (χ2n) is 17.7. The van der Waals surface area contributed by atoms with Crippen molar-refractivity contribution in [3.63, 3.8) is 0 Å². The predicted octanol–water partition coefficient (Wildman–Crippen LogP) is 0.146. The quantitative estimate of drug-likeness (QED) is 0.0524. The Morgan fingerprint density at radius 3 is 0.641 bits per heavy atom. The number of hydrogen-bond acceptors (Lipinski definition) is 20. The molecule has 28 nitrogen and oxygen atoms in total. The van der Waals surface area contributed by atoms with Gasteiger partial charge < -0.3 is 102 Å². The number of amides is 4. The zero-order valence-corrected chi connectivity index (χ0v) is 41.8. The summed E-state index contributed by atoms with van der Waals surface area (Å²) in [5.41, 5.74) is -3.94. The molecule has 420 valence electrons. The third-order valence-corrected chi connectivity index (χ3v) is 12.7. The second kappa shape index (κ2) is 27.6. The maximum atomic E-state index is 13.1. The molecule has 16 N–H and O–H groups in total. The average Bonchev–Trinajstić information content (AvgIpc) is 3.39. The Balaban J connectivity index is 1.34. The highest BCUT2D eigenvalue weighted by atomic mass is 16.4. The van der Waals surface area contributed by atoms with Gasteiger partial charge in [0, 0.05) is 78.5 Å². The van der Waals surface area contributed by atoms with Crippen LogP contribution in [0.2, 0.25) is 0 Å². The predicted molar refractivity (Wildman–Crippen MR) is 271 cm³/mol. The molecule has 1 saturated heterocycles. The van der Waals surface area contributed by atoms with E-state index >= 15 is 0 Å². The van der Waals surface area contributed by atoms with Gasteiger partial charge in [0.1, 0.15) is 22.3 Å². The van der Waals surface area contributed by atoms with Gasteiger partial charge in [-0.2, -0.15) is 0 Å². The number of phenols is 8. The first-order valence-electron chi connectivity index (χ1n) is 24.2. The van der Waals surface area contributed by atoms with Crippen molar-refractivity contribution in [1.82, 2.24) is 40.9 Å². The third-order valence-electron chi connectivity index (χ3n) is 12.7. The van der Waals surface area contributed by atoms with Crippen molar-refractivity contribution in [1.29, 1.82) is 0 Å². The van der Waals surface area contributed by atoms with E-state index in [2.05, 4.69) is 21.3 Å². The Kier molecular flexibility index (Phi) is 21.1. The monoisotopic (exact) mass is 1090 g/mol. The van der Waals surface area contributed by atoms with E-state index in [-0.39, 0.29) is 74.6 Å². The van der Waals surface area contributed by atoms with E-state index in [1.54, 1.807) is 0 Å². The molecule has 1 fully saturated rings. The average molecular weight is 1090 g/mol. The lowest BCUT2D eigenvalue weighted by Crippen LogP contribution is -2.46. The minimum absolute atomic E-state index is 0.0122. The number of nitrogens with one attached hydrogen (secondary N) is 4. The van der Waals surface area contributed by atoms with E-state index in [0.717, 1.165) is 48.5 Å². The fraction of sp³-hybridized carbons (Fsp3) is 0.360. The summed E-state index contributed by atoms with van der Waals surface area (Å²) in [4.78, 5) is 106. The molecule has 78 heavy (non-hydrogen) atoms. The first-order valence-corrected chi connectivity index (χ1v) is 24.2. The van der Waals surface area contributed by atoms with Gasteiger partial charge in [-0.25, -0.2) is 19.2 Å². The maximum Gasteiger partial charge on any atom is 0.339 e. The van der Waals surface area contributed by atoms with Crippen LogP contribution in [0.1, 0.15) is 95.7 Å². The van der Waals surface area contributed by atoms with Gasteiger partial charge in [0.25, 0.3) is 23.6 Å². The van der Waals surface area contributed by atoms with Crippen LogP contribution in [-0.4, -0.2) is 233 Å². The minimum Gasteiger partial charge on any atom is -0.504 e. The van der Waals surface area contributed by atoms with Crippen LogP contribution in [0, 0.1) is 0 Å². The molecule has 4 aromatic rings. The normalized spacial score (nSPS) is 14.4. The molecule has 4 amide bonds. The van der Waals surface area contributed by atoms with Crippen molar-refractivity contribution >= 4 is 47.5 Å². The summed E-state index contributed by atoms with van der Waals surface area (Å²) in [7, 11) is 0. The largest absolute Gasteiger partial charge is 0.504 e. The van der Waals surface area contributed by atoms with Crippen molar-refractivity contribution in [3.05, 3.63) is 93.0 Å². The molecule has 4 aromatic carbocycles. The molecule has 1 aliphatic heterocycles. The van der Waals surface area contributed by atoms with Gasteiger partial charge >= 0.3 is 23.9 Å². The second-order valence-corrected chi connectivity index (χ2v) is 17.7. The summed E-state index contributed by atoms with van der Waals surface area (Å²) in [6, 6.07) is 8.11. The summed E-state index contributed by atoms with van der Waals surface area (Å²) in [6.07, 6.45) is 0.970. The number of carbonyl (C=O) groups is 8. The van der Waals surface area contributed by atoms with Gasteiger partial charge in [-0.1, -0.05) is 0 Å². The van der Waals surface area contributed by atoms with Crippen molar-refractivity contribution < 1.29 is 99.6 Å². The van der Waals surface area contributed by atoms with Gasteiger partial charge in [0.05, 0.1) is 22.3 Å². The highest BCUT2D eigenvalue weighted by Gasteiger charge is 2.26. The molecular formula is C50H60N8O20. The smallest absolute Gasteiger partial charge is 0.339 e. The number of phenolic OH excluding ortho intramolecular Hbond substituents is 4. The van der Waals surface area contributed by atoms with Crippen LogP contribution in [0.3, 0.4) is 0 Å². The molecule has 1 aliphatic rings. The third kappa shape index (κ3) is 15.5. The Bertz CT molecular complexity index is 2530. The molecule has 0 spiro atoms. The Morgan fingerprint density at radius 2 is 0.462 bits per heavy atom. The molecule has 0 unspecified atom stereocenters. The molecule has 0 saturated carbocycles. The van der Waals surface area contributed by atoms with Crippen molar-refractivity contribution in [2.24, 2.45) is 0 Å². The van der Waals surface area contributed by atoms with Crippen LogP contribution in [0.4, 0.5) is 0 Å². The van der Waals surface area contributed by atoms with E-state index in [4.69, 9.17) is 0 Å². The molecule has 0 aromatic heterocycles. The van der Waals surface area contributed by atoms with Crippen LogP contribution >= 0.6 is 0 Å². The number of aromatic hydroxyl groups is 8. The number of carboxylic acids is 4. The summed E-state index contributed by atoms with van der Waals surface area (Å²) < 4.78 is 0. The van der Waals surface area contributed by atoms with Gasteiger partial charge in [-0.05, 0) is 87.6 Å².